The lowest BCUT2D eigenvalue weighted by Crippen LogP contribution is -2.41. The minimum Gasteiger partial charge on any atom is -0.385 e. The molecule has 15 heteroatoms. The van der Waals surface area contributed by atoms with Crippen LogP contribution in [0.1, 0.15) is 44.4 Å². The van der Waals surface area contributed by atoms with Crippen molar-refractivity contribution < 1.29 is 24.8 Å². The van der Waals surface area contributed by atoms with Crippen molar-refractivity contribution in [2.75, 3.05) is 13.2 Å². The van der Waals surface area contributed by atoms with Gasteiger partial charge in [0.1, 0.15) is 12.8 Å². The van der Waals surface area contributed by atoms with Crippen molar-refractivity contribution in [1.82, 2.24) is 19.1 Å². The number of aryl methyl sites for hydroxylation is 2. The normalized spacial score (nSPS) is 33.0. The van der Waals surface area contributed by atoms with Crippen molar-refractivity contribution in [2.24, 2.45) is 17.8 Å². The Labute approximate surface area is 227 Å². The molecule has 2 aromatic heterocycles. The number of rotatable bonds is 4. The van der Waals surface area contributed by atoms with Crippen LogP contribution in [0, 0.1) is 44.7 Å². The number of H-pyrrole nitrogens is 2. The third-order valence-corrected chi connectivity index (χ3v) is 7.68. The van der Waals surface area contributed by atoms with Crippen molar-refractivity contribution in [2.45, 2.75) is 64.6 Å². The Bertz CT molecular complexity index is 1460. The van der Waals surface area contributed by atoms with E-state index in [9.17, 15) is 34.5 Å². The summed E-state index contributed by atoms with van der Waals surface area (Å²) < 4.78 is 13.5. The molecule has 4 heterocycles. The zero-order chi connectivity index (χ0) is 30.2. The monoisotopic (exact) mass is 560 g/mol. The third-order valence-electron chi connectivity index (χ3n) is 7.68. The van der Waals surface area contributed by atoms with E-state index < -0.39 is 71.6 Å². The van der Waals surface area contributed by atoms with E-state index in [1.165, 1.54) is 23.9 Å². The largest absolute Gasteiger partial charge is 0.387 e. The highest BCUT2D eigenvalue weighted by molar-refractivity contribution is 5.08. The number of aliphatic hydroxyl groups is 3. The molecule has 0 aliphatic carbocycles. The molecule has 5 N–H and O–H groups in total. The van der Waals surface area contributed by atoms with Gasteiger partial charge in [-0.25, -0.2) is 22.7 Å². The molecule has 0 bridgehead atoms. The Balaban J connectivity index is 0.000000220. The number of nitrogens with one attached hydrogen (secondary N) is 2. The first kappa shape index (κ1) is 30.7. The lowest BCUT2D eigenvalue weighted by molar-refractivity contribution is -0.0998. The predicted molar refractivity (Wildman–Crippen MR) is 139 cm³/mol. The molecule has 15 nitrogen and oxygen atoms in total. The molecule has 2 aliphatic heterocycles. The van der Waals surface area contributed by atoms with Crippen molar-refractivity contribution in [3.05, 3.63) is 88.0 Å². The molecule has 0 saturated carbocycles. The molecule has 0 amide bonds. The Morgan fingerprint density at radius 2 is 1.23 bits per heavy atom. The predicted octanol–water partition coefficient (Wildman–Crippen LogP) is -0.767. The highest BCUT2D eigenvalue weighted by Crippen LogP contribution is 2.46. The quantitative estimate of drug-likeness (QED) is 0.298. The molecule has 40 heavy (non-hydrogen) atoms. The van der Waals surface area contributed by atoms with Gasteiger partial charge >= 0.3 is 22.8 Å². The molecule has 4 rings (SSSR count). The van der Waals surface area contributed by atoms with Crippen molar-refractivity contribution >= 4 is 0 Å². The molecular weight excluding hydrogens is 528 g/mol. The zero-order valence-corrected chi connectivity index (χ0v) is 22.6. The van der Waals surface area contributed by atoms with Crippen LogP contribution >= 0.6 is 0 Å². The highest BCUT2D eigenvalue weighted by atomic mass is 16.6. The minimum atomic E-state index is -1.78. The summed E-state index contributed by atoms with van der Waals surface area (Å²) in [6, 6.07) is 0. The van der Waals surface area contributed by atoms with E-state index >= 15 is 0 Å². The molecule has 0 aromatic carbocycles. The molecule has 2 saturated heterocycles. The fourth-order valence-corrected chi connectivity index (χ4v) is 4.81. The van der Waals surface area contributed by atoms with Crippen molar-refractivity contribution in [3.8, 4) is 0 Å². The first-order valence-corrected chi connectivity index (χ1v) is 12.4. The van der Waals surface area contributed by atoms with E-state index in [1.807, 2.05) is 13.8 Å². The van der Waals surface area contributed by atoms with Crippen molar-refractivity contribution in [1.29, 1.82) is 0 Å². The molecular formula is C25H32N6O9. The van der Waals surface area contributed by atoms with Gasteiger partial charge in [-0.15, -0.1) is 0 Å². The maximum absolute atomic E-state index is 11.9. The maximum atomic E-state index is 11.9. The standard InChI is InChI=1S/C13H17N3O4.C12H15N3O5/c1-7-5-16(12(19)15-10(7)18)11-8(2)9(3)13(6-17,14-4)20-11;1-6-4-15(11(19)14-9(6)18)10-7(2)8(17)12(5-16,13-3)20-10/h5,8-9,11,17H,6H2,1-3H3,(H,15,18,19);4,7-8,10,16-17H,5H2,1-2H3,(H,14,18,19). The van der Waals surface area contributed by atoms with Crippen LogP contribution < -0.4 is 22.5 Å². The molecule has 0 spiro atoms. The van der Waals surface area contributed by atoms with Gasteiger partial charge in [-0.05, 0) is 13.8 Å². The van der Waals surface area contributed by atoms with Gasteiger partial charge in [0.2, 0.25) is 0 Å². The number of aliphatic hydroxyl groups excluding tert-OH is 3. The fraction of sp³-hybridized carbons (Fsp3) is 0.600. The number of aromatic amines is 2. The number of aromatic nitrogens is 4. The van der Waals surface area contributed by atoms with E-state index in [2.05, 4.69) is 19.7 Å². The lowest BCUT2D eigenvalue weighted by Gasteiger charge is -2.18. The summed E-state index contributed by atoms with van der Waals surface area (Å²) in [5, 5.41) is 28.8. The summed E-state index contributed by atoms with van der Waals surface area (Å²) in [4.78, 5) is 57.4. The molecule has 0 radical (unpaired) electrons. The second-order valence-electron chi connectivity index (χ2n) is 10.2. The molecule has 2 fully saturated rings. The first-order chi connectivity index (χ1) is 18.7. The summed E-state index contributed by atoms with van der Waals surface area (Å²) in [7, 11) is 0. The molecule has 216 valence electrons. The summed E-state index contributed by atoms with van der Waals surface area (Å²) in [6.45, 7) is 21.6. The van der Waals surface area contributed by atoms with Gasteiger partial charge in [-0.3, -0.25) is 47.9 Å². The van der Waals surface area contributed by atoms with Crippen LogP contribution in [-0.2, 0) is 9.47 Å². The molecule has 2 aliphatic rings. The van der Waals surface area contributed by atoms with Gasteiger partial charge in [0.25, 0.3) is 11.1 Å². The van der Waals surface area contributed by atoms with E-state index in [-0.39, 0.29) is 11.8 Å². The van der Waals surface area contributed by atoms with Gasteiger partial charge < -0.3 is 15.3 Å². The Morgan fingerprint density at radius 3 is 1.57 bits per heavy atom. The molecule has 2 aromatic rings. The van der Waals surface area contributed by atoms with Crippen LogP contribution in [0.3, 0.4) is 0 Å². The summed E-state index contributed by atoms with van der Waals surface area (Å²) in [5.41, 5.74) is -4.65. The highest BCUT2D eigenvalue weighted by Gasteiger charge is 2.60. The summed E-state index contributed by atoms with van der Waals surface area (Å²) in [5.74, 6) is -0.993. The van der Waals surface area contributed by atoms with Crippen molar-refractivity contribution in [3.63, 3.8) is 0 Å². The summed E-state index contributed by atoms with van der Waals surface area (Å²) >= 11 is 0. The van der Waals surface area contributed by atoms with E-state index in [0.29, 0.717) is 11.1 Å². The number of hydrogen-bond donors (Lipinski definition) is 5. The number of hydrogen-bond acceptors (Lipinski definition) is 9. The van der Waals surface area contributed by atoms with Crippen LogP contribution in [0.15, 0.2) is 31.6 Å². The third kappa shape index (κ3) is 5.05. The van der Waals surface area contributed by atoms with Gasteiger partial charge in [0.05, 0.1) is 5.92 Å². The second kappa shape index (κ2) is 11.3. The SMILES string of the molecule is [C-]#[N+]C1(CO)OC(n2cc(C)c(=O)[nH]c2=O)C(C)C1C.[C-]#[N+]C1(CO)OC(n2cc(C)c(=O)[nH]c2=O)C(C)C1O. The average Bonchev–Trinajstić information content (AvgIpc) is 3.34. The zero-order valence-electron chi connectivity index (χ0n) is 22.6. The van der Waals surface area contributed by atoms with Crippen LogP contribution in [0.25, 0.3) is 9.69 Å². The number of nitrogens with zero attached hydrogens (tertiary/aromatic N) is 4. The number of ether oxygens (including phenoxy) is 2. The Morgan fingerprint density at radius 1 is 0.825 bits per heavy atom. The Kier molecular flexibility index (Phi) is 8.69. The molecule has 8 atom stereocenters. The van der Waals surface area contributed by atoms with Crippen LogP contribution in [0.2, 0.25) is 0 Å². The van der Waals surface area contributed by atoms with Crippen LogP contribution in [0.5, 0.6) is 0 Å². The topological polar surface area (TPSA) is 198 Å². The average molecular weight is 561 g/mol. The fourth-order valence-electron chi connectivity index (χ4n) is 4.81. The van der Waals surface area contributed by atoms with Gasteiger partial charge in [-0.2, -0.15) is 0 Å². The van der Waals surface area contributed by atoms with E-state index in [1.54, 1.807) is 13.8 Å². The van der Waals surface area contributed by atoms with Gasteiger partial charge in [0.15, 0.2) is 18.9 Å². The Hall–Kier alpha value is -3.86. The molecule has 8 unspecified atom stereocenters. The first-order valence-electron chi connectivity index (χ1n) is 12.4. The van der Waals surface area contributed by atoms with Crippen LogP contribution in [-0.4, -0.2) is 65.2 Å². The van der Waals surface area contributed by atoms with Crippen LogP contribution in [0.4, 0.5) is 0 Å². The summed E-state index contributed by atoms with van der Waals surface area (Å²) in [6.07, 6.45) is -0.128. The van der Waals surface area contributed by atoms with Gasteiger partial charge in [-0.1, -0.05) is 20.8 Å². The smallest absolute Gasteiger partial charge is 0.385 e. The van der Waals surface area contributed by atoms with E-state index in [0.717, 1.165) is 4.57 Å². The second-order valence-corrected chi connectivity index (χ2v) is 10.2. The maximum Gasteiger partial charge on any atom is 0.387 e. The van der Waals surface area contributed by atoms with Gasteiger partial charge in [0, 0.05) is 35.4 Å². The van der Waals surface area contributed by atoms with E-state index in [4.69, 9.17) is 22.6 Å². The lowest BCUT2D eigenvalue weighted by atomic mass is 9.89. The minimum absolute atomic E-state index is 0.153.